The lowest BCUT2D eigenvalue weighted by Crippen LogP contribution is -2.28. The standard InChI is InChI=1S/C13H19N3O4S/c1-7(2)10(12(19)20-3)16-11(8-4-5-8)14-15-13(16)21-6-9(17)18/h7-8,10H,4-6H2,1-3H3,(H,17,18). The van der Waals surface area contributed by atoms with Gasteiger partial charge in [0.05, 0.1) is 12.9 Å². The van der Waals surface area contributed by atoms with Gasteiger partial charge in [-0.3, -0.25) is 9.36 Å². The molecule has 1 fully saturated rings. The Morgan fingerprint density at radius 3 is 2.57 bits per heavy atom. The molecule has 21 heavy (non-hydrogen) atoms. The Hall–Kier alpha value is -1.57. The summed E-state index contributed by atoms with van der Waals surface area (Å²) in [4.78, 5) is 22.9. The monoisotopic (exact) mass is 313 g/mol. The van der Waals surface area contributed by atoms with Crippen LogP contribution in [0.25, 0.3) is 0 Å². The summed E-state index contributed by atoms with van der Waals surface area (Å²) in [7, 11) is 1.35. The van der Waals surface area contributed by atoms with Gasteiger partial charge < -0.3 is 9.84 Å². The molecule has 1 heterocycles. The Morgan fingerprint density at radius 2 is 2.10 bits per heavy atom. The fourth-order valence-electron chi connectivity index (χ4n) is 2.19. The Labute approximate surface area is 127 Å². The van der Waals surface area contributed by atoms with Crippen LogP contribution in [0, 0.1) is 5.92 Å². The molecule has 1 aromatic heterocycles. The molecule has 0 aliphatic heterocycles. The van der Waals surface area contributed by atoms with Gasteiger partial charge in [0.2, 0.25) is 0 Å². The minimum atomic E-state index is -0.929. The number of rotatable bonds is 7. The molecule has 0 bridgehead atoms. The van der Waals surface area contributed by atoms with Crippen LogP contribution in [-0.2, 0) is 14.3 Å². The van der Waals surface area contributed by atoms with Crippen LogP contribution in [0.4, 0.5) is 0 Å². The van der Waals surface area contributed by atoms with Crippen molar-refractivity contribution in [3.8, 4) is 0 Å². The van der Waals surface area contributed by atoms with Crippen LogP contribution in [0.2, 0.25) is 0 Å². The predicted molar refractivity (Wildman–Crippen MR) is 76.2 cm³/mol. The van der Waals surface area contributed by atoms with E-state index in [4.69, 9.17) is 9.84 Å². The smallest absolute Gasteiger partial charge is 0.329 e. The van der Waals surface area contributed by atoms with Gasteiger partial charge in [0.1, 0.15) is 11.9 Å². The lowest BCUT2D eigenvalue weighted by atomic mass is 10.0. The van der Waals surface area contributed by atoms with Crippen LogP contribution in [0.3, 0.4) is 0 Å². The van der Waals surface area contributed by atoms with Crippen LogP contribution in [0.15, 0.2) is 5.16 Å². The second-order valence-corrected chi connectivity index (χ2v) is 6.32. The molecular formula is C13H19N3O4S. The van der Waals surface area contributed by atoms with Crippen molar-refractivity contribution < 1.29 is 19.4 Å². The first kappa shape index (κ1) is 15.8. The van der Waals surface area contributed by atoms with Gasteiger partial charge in [-0.25, -0.2) is 4.79 Å². The second kappa shape index (κ2) is 6.46. The average Bonchev–Trinajstić information content (AvgIpc) is 3.18. The minimum Gasteiger partial charge on any atom is -0.481 e. The number of methoxy groups -OCH3 is 1. The maximum Gasteiger partial charge on any atom is 0.329 e. The lowest BCUT2D eigenvalue weighted by molar-refractivity contribution is -0.146. The number of hydrogen-bond donors (Lipinski definition) is 1. The van der Waals surface area contributed by atoms with Crippen LogP contribution in [0.5, 0.6) is 0 Å². The van der Waals surface area contributed by atoms with E-state index in [1.165, 1.54) is 7.11 Å². The molecule has 0 saturated heterocycles. The van der Waals surface area contributed by atoms with Crippen molar-refractivity contribution in [2.45, 2.75) is 43.8 Å². The number of ether oxygens (including phenoxy) is 1. The summed E-state index contributed by atoms with van der Waals surface area (Å²) in [5, 5.41) is 17.5. The number of aliphatic carboxylic acids is 1. The van der Waals surface area contributed by atoms with E-state index in [0.717, 1.165) is 30.4 Å². The molecule has 2 rings (SSSR count). The highest BCUT2D eigenvalue weighted by Crippen LogP contribution is 2.42. The SMILES string of the molecule is COC(=O)C(C(C)C)n1c(SCC(=O)O)nnc1C1CC1. The first-order chi connectivity index (χ1) is 9.95. The van der Waals surface area contributed by atoms with Crippen LogP contribution < -0.4 is 0 Å². The van der Waals surface area contributed by atoms with Gasteiger partial charge in [0.25, 0.3) is 0 Å². The summed E-state index contributed by atoms with van der Waals surface area (Å²) < 4.78 is 6.66. The molecule has 0 radical (unpaired) electrons. The number of carboxylic acid groups (broad SMARTS) is 1. The second-order valence-electron chi connectivity index (χ2n) is 5.38. The quantitative estimate of drug-likeness (QED) is 0.604. The molecule has 1 atom stereocenters. The fourth-order valence-corrected chi connectivity index (χ4v) is 2.89. The molecular weight excluding hydrogens is 294 g/mol. The van der Waals surface area contributed by atoms with Crippen molar-refractivity contribution in [2.24, 2.45) is 5.92 Å². The van der Waals surface area contributed by atoms with Crippen LogP contribution in [-0.4, -0.2) is 44.7 Å². The number of carbonyl (C=O) groups is 2. The minimum absolute atomic E-state index is 0.00451. The van der Waals surface area contributed by atoms with Crippen molar-refractivity contribution in [2.75, 3.05) is 12.9 Å². The number of carboxylic acids is 1. The normalized spacial score (nSPS) is 16.0. The highest BCUT2D eigenvalue weighted by molar-refractivity contribution is 7.99. The van der Waals surface area contributed by atoms with Crippen molar-refractivity contribution >= 4 is 23.7 Å². The van der Waals surface area contributed by atoms with E-state index in [9.17, 15) is 9.59 Å². The highest BCUT2D eigenvalue weighted by atomic mass is 32.2. The van der Waals surface area contributed by atoms with Gasteiger partial charge in [0, 0.05) is 5.92 Å². The number of carbonyl (C=O) groups excluding carboxylic acids is 1. The Morgan fingerprint density at radius 1 is 1.43 bits per heavy atom. The predicted octanol–water partition coefficient (Wildman–Crippen LogP) is 1.70. The summed E-state index contributed by atoms with van der Waals surface area (Å²) in [6.07, 6.45) is 2.04. The summed E-state index contributed by atoms with van der Waals surface area (Å²) in [5.74, 6) is -0.343. The molecule has 7 nitrogen and oxygen atoms in total. The van der Waals surface area contributed by atoms with Gasteiger partial charge in [-0.05, 0) is 18.8 Å². The van der Waals surface area contributed by atoms with Gasteiger partial charge in [0.15, 0.2) is 5.16 Å². The summed E-state index contributed by atoms with van der Waals surface area (Å²) in [5.41, 5.74) is 0. The zero-order chi connectivity index (χ0) is 15.6. The topological polar surface area (TPSA) is 94.3 Å². The molecule has 8 heteroatoms. The lowest BCUT2D eigenvalue weighted by Gasteiger charge is -2.22. The van der Waals surface area contributed by atoms with E-state index in [2.05, 4.69) is 10.2 Å². The van der Waals surface area contributed by atoms with Crippen LogP contribution in [0.1, 0.15) is 44.5 Å². The zero-order valence-electron chi connectivity index (χ0n) is 12.3. The third-order valence-electron chi connectivity index (χ3n) is 3.31. The van der Waals surface area contributed by atoms with Crippen molar-refractivity contribution in [3.63, 3.8) is 0 Å². The van der Waals surface area contributed by atoms with Crippen LogP contribution >= 0.6 is 11.8 Å². The van der Waals surface area contributed by atoms with Crippen molar-refractivity contribution in [3.05, 3.63) is 5.82 Å². The van der Waals surface area contributed by atoms with E-state index >= 15 is 0 Å². The first-order valence-electron chi connectivity index (χ1n) is 6.83. The summed E-state index contributed by atoms with van der Waals surface area (Å²) >= 11 is 1.08. The maximum absolute atomic E-state index is 12.1. The third-order valence-corrected chi connectivity index (χ3v) is 4.24. The third kappa shape index (κ3) is 3.55. The molecule has 116 valence electrons. The highest BCUT2D eigenvalue weighted by Gasteiger charge is 2.36. The molecule has 0 aromatic carbocycles. The molecule has 1 N–H and O–H groups in total. The van der Waals surface area contributed by atoms with Gasteiger partial charge in [-0.15, -0.1) is 10.2 Å². The van der Waals surface area contributed by atoms with Gasteiger partial charge >= 0.3 is 11.9 Å². The molecule has 1 aliphatic rings. The average molecular weight is 313 g/mol. The summed E-state index contributed by atoms with van der Waals surface area (Å²) in [6, 6.07) is -0.531. The van der Waals surface area contributed by atoms with E-state index in [1.807, 2.05) is 13.8 Å². The van der Waals surface area contributed by atoms with Crippen molar-refractivity contribution in [1.82, 2.24) is 14.8 Å². The first-order valence-corrected chi connectivity index (χ1v) is 7.81. The Bertz CT molecular complexity index is 540. The van der Waals surface area contributed by atoms with Crippen molar-refractivity contribution in [1.29, 1.82) is 0 Å². The molecule has 0 spiro atoms. The van der Waals surface area contributed by atoms with E-state index in [1.54, 1.807) is 4.57 Å². The zero-order valence-corrected chi connectivity index (χ0v) is 13.1. The Kier molecular flexibility index (Phi) is 4.87. The number of hydrogen-bond acceptors (Lipinski definition) is 6. The van der Waals surface area contributed by atoms with Gasteiger partial charge in [-0.2, -0.15) is 0 Å². The number of thioether (sulfide) groups is 1. The fraction of sp³-hybridized carbons (Fsp3) is 0.692. The molecule has 1 aromatic rings. The number of nitrogens with zero attached hydrogens (tertiary/aromatic N) is 3. The largest absolute Gasteiger partial charge is 0.481 e. The Balaban J connectivity index is 2.38. The number of esters is 1. The van der Waals surface area contributed by atoms with E-state index in [-0.39, 0.29) is 17.6 Å². The summed E-state index contributed by atoms with van der Waals surface area (Å²) in [6.45, 7) is 3.84. The van der Waals surface area contributed by atoms with E-state index in [0.29, 0.717) is 11.1 Å². The maximum atomic E-state index is 12.1. The number of aromatic nitrogens is 3. The molecule has 0 amide bonds. The molecule has 1 unspecified atom stereocenters. The van der Waals surface area contributed by atoms with E-state index < -0.39 is 12.0 Å². The van der Waals surface area contributed by atoms with Gasteiger partial charge in [-0.1, -0.05) is 25.6 Å². The molecule has 1 saturated carbocycles. The molecule has 1 aliphatic carbocycles.